The summed E-state index contributed by atoms with van der Waals surface area (Å²) >= 11 is 0. The van der Waals surface area contributed by atoms with Crippen LogP contribution in [0.1, 0.15) is 51.1 Å². The number of aryl methyl sites for hydroxylation is 1. The van der Waals surface area contributed by atoms with E-state index in [1.54, 1.807) is 6.20 Å². The van der Waals surface area contributed by atoms with Gasteiger partial charge in [0.25, 0.3) is 0 Å². The van der Waals surface area contributed by atoms with Crippen LogP contribution in [0.3, 0.4) is 0 Å². The van der Waals surface area contributed by atoms with Gasteiger partial charge in [0.15, 0.2) is 0 Å². The van der Waals surface area contributed by atoms with E-state index in [0.29, 0.717) is 6.42 Å². The SMILES string of the molecule is CCNC(c1cnn(CC)c1)C1CCCC(C(F)(F)F)C1. The van der Waals surface area contributed by atoms with Crippen LogP contribution in [-0.4, -0.2) is 22.5 Å². The molecule has 3 nitrogen and oxygen atoms in total. The Hall–Kier alpha value is -1.04. The van der Waals surface area contributed by atoms with Gasteiger partial charge in [-0.3, -0.25) is 4.68 Å². The van der Waals surface area contributed by atoms with Crippen molar-refractivity contribution < 1.29 is 13.2 Å². The van der Waals surface area contributed by atoms with Crippen molar-refractivity contribution in [2.24, 2.45) is 11.8 Å². The minimum Gasteiger partial charge on any atom is -0.310 e. The van der Waals surface area contributed by atoms with E-state index in [0.717, 1.165) is 25.1 Å². The molecule has 0 spiro atoms. The van der Waals surface area contributed by atoms with Gasteiger partial charge in [0.2, 0.25) is 0 Å². The molecule has 0 amide bonds. The largest absolute Gasteiger partial charge is 0.391 e. The predicted molar refractivity (Wildman–Crippen MR) is 75.8 cm³/mol. The molecule has 0 aromatic carbocycles. The highest BCUT2D eigenvalue weighted by atomic mass is 19.4. The molecular formula is C15H24F3N3. The quantitative estimate of drug-likeness (QED) is 0.893. The third kappa shape index (κ3) is 3.99. The number of aromatic nitrogens is 2. The average molecular weight is 303 g/mol. The zero-order chi connectivity index (χ0) is 15.5. The van der Waals surface area contributed by atoms with Crippen molar-refractivity contribution in [1.29, 1.82) is 0 Å². The molecule has 1 heterocycles. The maximum atomic E-state index is 13.0. The Morgan fingerprint density at radius 1 is 1.38 bits per heavy atom. The average Bonchev–Trinajstić information content (AvgIpc) is 2.92. The van der Waals surface area contributed by atoms with Crippen molar-refractivity contribution in [1.82, 2.24) is 15.1 Å². The lowest BCUT2D eigenvalue weighted by atomic mass is 9.76. The van der Waals surface area contributed by atoms with Crippen molar-refractivity contribution in [3.8, 4) is 0 Å². The number of halogens is 3. The van der Waals surface area contributed by atoms with Crippen LogP contribution in [-0.2, 0) is 6.54 Å². The molecule has 0 saturated heterocycles. The number of hydrogen-bond acceptors (Lipinski definition) is 2. The fourth-order valence-corrected chi connectivity index (χ4v) is 3.32. The molecule has 0 bridgehead atoms. The molecule has 3 unspecified atom stereocenters. The lowest BCUT2D eigenvalue weighted by molar-refractivity contribution is -0.186. The molecule has 1 aromatic rings. The molecule has 0 aliphatic heterocycles. The number of hydrogen-bond donors (Lipinski definition) is 1. The first kappa shape index (κ1) is 16.3. The first-order valence-corrected chi connectivity index (χ1v) is 7.78. The van der Waals surface area contributed by atoms with Gasteiger partial charge in [0.05, 0.1) is 12.1 Å². The summed E-state index contributed by atoms with van der Waals surface area (Å²) in [6, 6.07) is -0.0274. The Bertz CT molecular complexity index is 442. The van der Waals surface area contributed by atoms with Crippen LogP contribution in [0.2, 0.25) is 0 Å². The maximum absolute atomic E-state index is 13.0. The van der Waals surface area contributed by atoms with E-state index in [1.165, 1.54) is 0 Å². The molecule has 1 aliphatic carbocycles. The number of nitrogens with one attached hydrogen (secondary N) is 1. The fourth-order valence-electron chi connectivity index (χ4n) is 3.32. The second kappa shape index (κ2) is 6.81. The third-order valence-corrected chi connectivity index (χ3v) is 4.41. The van der Waals surface area contributed by atoms with Crippen molar-refractivity contribution >= 4 is 0 Å². The Kier molecular flexibility index (Phi) is 5.30. The fraction of sp³-hybridized carbons (Fsp3) is 0.800. The van der Waals surface area contributed by atoms with E-state index in [9.17, 15) is 13.2 Å². The smallest absolute Gasteiger partial charge is 0.310 e. The third-order valence-electron chi connectivity index (χ3n) is 4.41. The number of alkyl halides is 3. The molecule has 1 saturated carbocycles. The van der Waals surface area contributed by atoms with E-state index in [-0.39, 0.29) is 24.8 Å². The molecule has 1 aromatic heterocycles. The second-order valence-electron chi connectivity index (χ2n) is 5.83. The van der Waals surface area contributed by atoms with Gasteiger partial charge in [0.1, 0.15) is 0 Å². The van der Waals surface area contributed by atoms with Crippen LogP contribution in [0.4, 0.5) is 13.2 Å². The Morgan fingerprint density at radius 3 is 2.71 bits per heavy atom. The Balaban J connectivity index is 2.13. The van der Waals surface area contributed by atoms with Crippen molar-refractivity contribution in [2.75, 3.05) is 6.54 Å². The van der Waals surface area contributed by atoms with E-state index in [4.69, 9.17) is 0 Å². The Labute approximate surface area is 123 Å². The summed E-state index contributed by atoms with van der Waals surface area (Å²) in [6.07, 6.45) is 1.66. The van der Waals surface area contributed by atoms with Crippen molar-refractivity contribution in [2.45, 2.75) is 58.3 Å². The van der Waals surface area contributed by atoms with Crippen LogP contribution in [0.5, 0.6) is 0 Å². The molecule has 120 valence electrons. The normalized spacial score (nSPS) is 25.0. The molecule has 3 atom stereocenters. The highest BCUT2D eigenvalue weighted by Crippen LogP contribution is 2.43. The first-order chi connectivity index (χ1) is 9.95. The van der Waals surface area contributed by atoms with E-state index < -0.39 is 12.1 Å². The highest BCUT2D eigenvalue weighted by Gasteiger charge is 2.43. The van der Waals surface area contributed by atoms with Gasteiger partial charge >= 0.3 is 6.18 Å². The van der Waals surface area contributed by atoms with Crippen LogP contribution in [0, 0.1) is 11.8 Å². The topological polar surface area (TPSA) is 29.9 Å². The van der Waals surface area contributed by atoms with Crippen LogP contribution >= 0.6 is 0 Å². The summed E-state index contributed by atoms with van der Waals surface area (Å²) in [5, 5.41) is 7.61. The summed E-state index contributed by atoms with van der Waals surface area (Å²) in [5.41, 5.74) is 1.01. The standard InChI is InChI=1S/C15H24F3N3/c1-3-19-14(12-9-20-21(4-2)10-12)11-6-5-7-13(8-11)15(16,17)18/h9-11,13-14,19H,3-8H2,1-2H3. The van der Waals surface area contributed by atoms with Crippen molar-refractivity contribution in [3.05, 3.63) is 18.0 Å². The lowest BCUT2D eigenvalue weighted by Gasteiger charge is -2.35. The number of nitrogens with zero attached hydrogens (tertiary/aromatic N) is 2. The van der Waals surface area contributed by atoms with Crippen molar-refractivity contribution in [3.63, 3.8) is 0 Å². The van der Waals surface area contributed by atoms with E-state index in [2.05, 4.69) is 10.4 Å². The van der Waals surface area contributed by atoms with E-state index in [1.807, 2.05) is 24.7 Å². The first-order valence-electron chi connectivity index (χ1n) is 7.78. The monoisotopic (exact) mass is 303 g/mol. The van der Waals surface area contributed by atoms with Gasteiger partial charge in [-0.25, -0.2) is 0 Å². The van der Waals surface area contributed by atoms with Gasteiger partial charge in [-0.1, -0.05) is 13.3 Å². The summed E-state index contributed by atoms with van der Waals surface area (Å²) < 4.78 is 40.8. The molecular weight excluding hydrogens is 279 g/mol. The maximum Gasteiger partial charge on any atom is 0.391 e. The molecule has 2 rings (SSSR count). The van der Waals surface area contributed by atoms with E-state index >= 15 is 0 Å². The minimum absolute atomic E-state index is 0.0274. The van der Waals surface area contributed by atoms with Gasteiger partial charge in [-0.2, -0.15) is 18.3 Å². The van der Waals surface area contributed by atoms with Gasteiger partial charge in [-0.15, -0.1) is 0 Å². The summed E-state index contributed by atoms with van der Waals surface area (Å²) in [5.74, 6) is -1.13. The molecule has 6 heteroatoms. The van der Waals surface area contributed by atoms with Crippen LogP contribution in [0.15, 0.2) is 12.4 Å². The van der Waals surface area contributed by atoms with Crippen LogP contribution in [0.25, 0.3) is 0 Å². The van der Waals surface area contributed by atoms with Gasteiger partial charge in [0, 0.05) is 24.3 Å². The zero-order valence-electron chi connectivity index (χ0n) is 12.7. The van der Waals surface area contributed by atoms with Gasteiger partial charge in [-0.05, 0) is 38.6 Å². The number of rotatable bonds is 5. The molecule has 21 heavy (non-hydrogen) atoms. The minimum atomic E-state index is -4.07. The summed E-state index contributed by atoms with van der Waals surface area (Å²) in [6.45, 7) is 5.50. The summed E-state index contributed by atoms with van der Waals surface area (Å²) in [7, 11) is 0. The van der Waals surface area contributed by atoms with Gasteiger partial charge < -0.3 is 5.32 Å². The highest BCUT2D eigenvalue weighted by molar-refractivity contribution is 5.12. The summed E-state index contributed by atoms with van der Waals surface area (Å²) in [4.78, 5) is 0. The predicted octanol–water partition coefficient (Wildman–Crippen LogP) is 3.92. The zero-order valence-corrected chi connectivity index (χ0v) is 12.7. The van der Waals surface area contributed by atoms with Crippen LogP contribution < -0.4 is 5.32 Å². The molecule has 1 fully saturated rings. The Morgan fingerprint density at radius 2 is 2.14 bits per heavy atom. The molecule has 0 radical (unpaired) electrons. The lowest BCUT2D eigenvalue weighted by Crippen LogP contribution is -2.35. The molecule has 1 N–H and O–H groups in total. The second-order valence-corrected chi connectivity index (χ2v) is 5.83. The molecule has 1 aliphatic rings.